The fourth-order valence-electron chi connectivity index (χ4n) is 2.27. The van der Waals surface area contributed by atoms with Gasteiger partial charge in [-0.15, -0.1) is 0 Å². The van der Waals surface area contributed by atoms with Gasteiger partial charge in [0.05, 0.1) is 25.2 Å². The molecule has 26 heavy (non-hydrogen) atoms. The molecule has 0 amide bonds. The van der Waals surface area contributed by atoms with Gasteiger partial charge in [0, 0.05) is 0 Å². The lowest BCUT2D eigenvalue weighted by atomic mass is 10.2. The van der Waals surface area contributed by atoms with Gasteiger partial charge in [0.2, 0.25) is 0 Å². The molecule has 0 radical (unpaired) electrons. The molecular weight excluding hydrogens is 344 g/mol. The van der Waals surface area contributed by atoms with E-state index >= 15 is 0 Å². The van der Waals surface area contributed by atoms with Gasteiger partial charge in [-0.05, 0) is 59.7 Å². The number of carbonyl (C=O) groups is 2. The molecule has 0 N–H and O–H groups in total. The Hall–Kier alpha value is -3.10. The van der Waals surface area contributed by atoms with E-state index < -0.39 is 24.5 Å². The molecule has 0 unspecified atom stereocenters. The van der Waals surface area contributed by atoms with E-state index in [9.17, 15) is 19.8 Å². The van der Waals surface area contributed by atoms with E-state index in [1.807, 2.05) is 0 Å². The molecule has 2 aromatic carbocycles. The van der Waals surface area contributed by atoms with Crippen LogP contribution in [0.4, 0.5) is 0 Å². The Morgan fingerprint density at radius 2 is 1.08 bits per heavy atom. The van der Waals surface area contributed by atoms with Crippen LogP contribution in [-0.2, 0) is 9.47 Å². The van der Waals surface area contributed by atoms with Crippen LogP contribution in [0.15, 0.2) is 48.5 Å². The zero-order valence-electron chi connectivity index (χ0n) is 13.5. The van der Waals surface area contributed by atoms with E-state index in [-0.39, 0.29) is 11.1 Å². The van der Waals surface area contributed by atoms with E-state index in [1.165, 1.54) is 48.5 Å². The molecule has 8 heteroatoms. The second kappa shape index (κ2) is 7.85. The van der Waals surface area contributed by atoms with Crippen LogP contribution in [0.3, 0.4) is 0 Å². The molecule has 1 aliphatic heterocycles. The fourth-order valence-corrected chi connectivity index (χ4v) is 2.27. The van der Waals surface area contributed by atoms with Gasteiger partial charge < -0.3 is 38.7 Å². The molecule has 3 rings (SSSR count). The normalized spacial score (nSPS) is 19.5. The predicted octanol–water partition coefficient (Wildman–Crippen LogP) is -0.430. The van der Waals surface area contributed by atoms with Crippen molar-refractivity contribution in [1.29, 1.82) is 0 Å². The Labute approximate surface area is 148 Å². The number of benzene rings is 2. The molecule has 0 aromatic heterocycles. The van der Waals surface area contributed by atoms with Crippen molar-refractivity contribution in [3.63, 3.8) is 0 Å². The lowest BCUT2D eigenvalue weighted by Gasteiger charge is -2.31. The maximum Gasteiger partial charge on any atom is 0.263 e. The number of hydrogen-bond donors (Lipinski definition) is 0. The van der Waals surface area contributed by atoms with E-state index in [1.54, 1.807) is 0 Å². The first kappa shape index (κ1) is 17.7. The van der Waals surface area contributed by atoms with Gasteiger partial charge in [0.25, 0.3) is 12.6 Å². The highest BCUT2D eigenvalue weighted by molar-refractivity contribution is 5.86. The van der Waals surface area contributed by atoms with E-state index in [4.69, 9.17) is 18.9 Å². The van der Waals surface area contributed by atoms with Crippen LogP contribution in [0, 0.1) is 0 Å². The molecule has 2 aromatic rings. The number of carboxylic acid groups (broad SMARTS) is 2. The molecule has 1 saturated heterocycles. The minimum absolute atomic E-state index is 0.0268. The Morgan fingerprint density at radius 1 is 0.731 bits per heavy atom. The average Bonchev–Trinajstić information content (AvgIpc) is 2.64. The molecule has 0 bridgehead atoms. The molecule has 0 aliphatic carbocycles. The summed E-state index contributed by atoms with van der Waals surface area (Å²) < 4.78 is 22.3. The summed E-state index contributed by atoms with van der Waals surface area (Å²) in [4.78, 5) is 21.5. The minimum atomic E-state index is -1.28. The predicted molar refractivity (Wildman–Crippen MR) is 82.3 cm³/mol. The Kier molecular flexibility index (Phi) is 5.35. The van der Waals surface area contributed by atoms with Gasteiger partial charge in [-0.1, -0.05) is 0 Å². The van der Waals surface area contributed by atoms with E-state index in [0.717, 1.165) is 0 Å². The maximum atomic E-state index is 10.8. The summed E-state index contributed by atoms with van der Waals surface area (Å²) >= 11 is 0. The molecule has 1 fully saturated rings. The average molecular weight is 358 g/mol. The van der Waals surface area contributed by atoms with Crippen molar-refractivity contribution in [3.05, 3.63) is 59.7 Å². The fraction of sp³-hybridized carbons (Fsp3) is 0.222. The maximum absolute atomic E-state index is 10.8. The van der Waals surface area contributed by atoms with Crippen molar-refractivity contribution in [1.82, 2.24) is 0 Å². The quantitative estimate of drug-likeness (QED) is 0.683. The van der Waals surface area contributed by atoms with E-state index in [2.05, 4.69) is 0 Å². The molecule has 0 spiro atoms. The SMILES string of the molecule is O=C([O-])c1ccc(O[C@@H]2OCCO[C@H]2Oc2ccc(C(=O)[O-])cc2)cc1. The van der Waals surface area contributed by atoms with Gasteiger partial charge in [0.15, 0.2) is 0 Å². The van der Waals surface area contributed by atoms with Crippen LogP contribution in [0.2, 0.25) is 0 Å². The van der Waals surface area contributed by atoms with E-state index in [0.29, 0.717) is 24.7 Å². The van der Waals surface area contributed by atoms with Crippen molar-refractivity contribution in [2.45, 2.75) is 12.6 Å². The molecule has 2 atom stereocenters. The second-order valence-electron chi connectivity index (χ2n) is 5.34. The van der Waals surface area contributed by atoms with Crippen molar-refractivity contribution >= 4 is 11.9 Å². The van der Waals surface area contributed by atoms with Crippen LogP contribution in [-0.4, -0.2) is 37.7 Å². The number of ether oxygens (including phenoxy) is 4. The molecule has 0 saturated carbocycles. The summed E-state index contributed by atoms with van der Waals surface area (Å²) in [5.74, 6) is -1.83. The molecular formula is C18H14O8-2. The zero-order chi connectivity index (χ0) is 18.5. The largest absolute Gasteiger partial charge is 0.545 e. The topological polar surface area (TPSA) is 117 Å². The standard InChI is InChI=1S/C18H16O8/c19-15(20)11-1-5-13(6-2-11)25-17-18(24-10-9-23-17)26-14-7-3-12(4-8-14)16(21)22/h1-8,17-18H,9-10H2,(H,19,20)(H,21,22)/p-2/t17-,18-/m0/s1. The summed E-state index contributed by atoms with van der Waals surface area (Å²) in [7, 11) is 0. The molecule has 136 valence electrons. The van der Waals surface area contributed by atoms with Crippen LogP contribution < -0.4 is 19.7 Å². The number of hydrogen-bond acceptors (Lipinski definition) is 8. The monoisotopic (exact) mass is 358 g/mol. The van der Waals surface area contributed by atoms with Crippen molar-refractivity contribution < 1.29 is 38.7 Å². The van der Waals surface area contributed by atoms with Gasteiger partial charge in [-0.3, -0.25) is 0 Å². The van der Waals surface area contributed by atoms with Crippen LogP contribution in [0.1, 0.15) is 20.7 Å². The summed E-state index contributed by atoms with van der Waals surface area (Å²) in [6.45, 7) is 0.594. The van der Waals surface area contributed by atoms with Crippen LogP contribution >= 0.6 is 0 Å². The minimum Gasteiger partial charge on any atom is -0.545 e. The number of carbonyl (C=O) groups excluding carboxylic acids is 2. The Bertz CT molecular complexity index is 701. The van der Waals surface area contributed by atoms with Crippen molar-refractivity contribution in [2.75, 3.05) is 13.2 Å². The first-order chi connectivity index (χ1) is 12.5. The zero-order valence-corrected chi connectivity index (χ0v) is 13.5. The van der Waals surface area contributed by atoms with Crippen LogP contribution in [0.5, 0.6) is 11.5 Å². The Morgan fingerprint density at radius 3 is 1.38 bits per heavy atom. The number of carboxylic acids is 2. The highest BCUT2D eigenvalue weighted by Crippen LogP contribution is 2.22. The third-order valence-corrected chi connectivity index (χ3v) is 3.55. The summed E-state index contributed by atoms with van der Waals surface area (Å²) in [5.41, 5.74) is 0.0537. The van der Waals surface area contributed by atoms with Gasteiger partial charge >= 0.3 is 0 Å². The number of aromatic carboxylic acids is 2. The lowest BCUT2D eigenvalue weighted by Crippen LogP contribution is -2.45. The first-order valence-electron chi connectivity index (χ1n) is 7.72. The lowest BCUT2D eigenvalue weighted by molar-refractivity contribution is -0.271. The Balaban J connectivity index is 1.67. The summed E-state index contributed by atoms with van der Waals surface area (Å²) in [6.07, 6.45) is -1.78. The molecule has 8 nitrogen and oxygen atoms in total. The highest BCUT2D eigenvalue weighted by atomic mass is 16.8. The molecule has 1 aliphatic rings. The smallest absolute Gasteiger partial charge is 0.263 e. The van der Waals surface area contributed by atoms with Gasteiger partial charge in [-0.25, -0.2) is 0 Å². The van der Waals surface area contributed by atoms with Crippen LogP contribution in [0.25, 0.3) is 0 Å². The summed E-state index contributed by atoms with van der Waals surface area (Å²) in [5, 5.41) is 21.5. The summed E-state index contributed by atoms with van der Waals surface area (Å²) in [6, 6.07) is 11.3. The van der Waals surface area contributed by atoms with Crippen molar-refractivity contribution in [3.8, 4) is 11.5 Å². The molecule has 1 heterocycles. The van der Waals surface area contributed by atoms with Crippen molar-refractivity contribution in [2.24, 2.45) is 0 Å². The van der Waals surface area contributed by atoms with Gasteiger partial charge in [-0.2, -0.15) is 0 Å². The van der Waals surface area contributed by atoms with Gasteiger partial charge in [0.1, 0.15) is 11.5 Å². The second-order valence-corrected chi connectivity index (χ2v) is 5.34. The third kappa shape index (κ3) is 4.29. The third-order valence-electron chi connectivity index (χ3n) is 3.55. The first-order valence-corrected chi connectivity index (χ1v) is 7.72. The highest BCUT2D eigenvalue weighted by Gasteiger charge is 2.31. The number of rotatable bonds is 6.